The highest BCUT2D eigenvalue weighted by atomic mass is 16.5. The summed E-state index contributed by atoms with van der Waals surface area (Å²) >= 11 is 0. The number of carbonyl (C=O) groups is 2. The van der Waals surface area contributed by atoms with E-state index in [1.54, 1.807) is 37.3 Å². The molecule has 0 aliphatic heterocycles. The number of nitrogens with one attached hydrogen (secondary N) is 2. The first kappa shape index (κ1) is 17.1. The number of phenolic OH excluding ortho intramolecular Hbond substituents is 1. The molecule has 24 heavy (non-hydrogen) atoms. The van der Waals surface area contributed by atoms with Gasteiger partial charge < -0.3 is 25.2 Å². The molecule has 7 heteroatoms. The monoisotopic (exact) mass is 330 g/mol. The van der Waals surface area contributed by atoms with Gasteiger partial charge in [-0.15, -0.1) is 0 Å². The second kappa shape index (κ2) is 7.87. The van der Waals surface area contributed by atoms with Gasteiger partial charge in [0.05, 0.1) is 12.7 Å². The maximum absolute atomic E-state index is 12.0. The fourth-order valence-corrected chi connectivity index (χ4v) is 1.95. The zero-order valence-electron chi connectivity index (χ0n) is 13.3. The predicted octanol–water partition coefficient (Wildman–Crippen LogP) is 2.73. The fourth-order valence-electron chi connectivity index (χ4n) is 1.95. The Bertz CT molecular complexity index is 715. The molecule has 0 saturated heterocycles. The summed E-state index contributed by atoms with van der Waals surface area (Å²) in [6.07, 6.45) is -0.599. The van der Waals surface area contributed by atoms with Crippen molar-refractivity contribution in [2.75, 3.05) is 12.4 Å². The zero-order valence-corrected chi connectivity index (χ0v) is 13.3. The first-order chi connectivity index (χ1) is 11.5. The average Bonchev–Trinajstić information content (AvgIpc) is 2.56. The summed E-state index contributed by atoms with van der Waals surface area (Å²) < 4.78 is 10.1. The Morgan fingerprint density at radius 3 is 2.50 bits per heavy atom. The Hall–Kier alpha value is -3.22. The van der Waals surface area contributed by atoms with Gasteiger partial charge in [-0.25, -0.2) is 9.59 Å². The third kappa shape index (κ3) is 4.91. The maximum Gasteiger partial charge on any atom is 0.337 e. The fraction of sp³-hybridized carbons (Fsp3) is 0.176. The Morgan fingerprint density at radius 1 is 1.12 bits per heavy atom. The predicted molar refractivity (Wildman–Crippen MR) is 88.1 cm³/mol. The molecule has 0 spiro atoms. The van der Waals surface area contributed by atoms with Crippen molar-refractivity contribution < 1.29 is 24.2 Å². The topological polar surface area (TPSA) is 96.9 Å². The van der Waals surface area contributed by atoms with Crippen LogP contribution < -0.4 is 15.4 Å². The summed E-state index contributed by atoms with van der Waals surface area (Å²) in [4.78, 5) is 23.4. The molecular weight excluding hydrogens is 312 g/mol. The lowest BCUT2D eigenvalue weighted by molar-refractivity contribution is 0.0600. The quantitative estimate of drug-likeness (QED) is 0.578. The Labute approximate surface area is 139 Å². The molecule has 0 aliphatic carbocycles. The Morgan fingerprint density at radius 2 is 1.83 bits per heavy atom. The number of benzene rings is 2. The van der Waals surface area contributed by atoms with Crippen molar-refractivity contribution in [3.8, 4) is 11.5 Å². The number of amides is 2. The number of rotatable bonds is 5. The minimum atomic E-state index is -0.599. The molecule has 0 heterocycles. The number of esters is 1. The van der Waals surface area contributed by atoms with E-state index in [0.717, 1.165) is 0 Å². The van der Waals surface area contributed by atoms with Crippen LogP contribution in [0.1, 0.15) is 17.3 Å². The molecule has 1 unspecified atom stereocenters. The number of urea groups is 1. The van der Waals surface area contributed by atoms with Gasteiger partial charge in [0.2, 0.25) is 0 Å². The normalized spacial score (nSPS) is 11.2. The molecular formula is C17H18N2O5. The van der Waals surface area contributed by atoms with Gasteiger partial charge in [0.15, 0.2) is 6.23 Å². The minimum Gasteiger partial charge on any atom is -0.508 e. The summed E-state index contributed by atoms with van der Waals surface area (Å²) in [5.41, 5.74) is 0.788. The van der Waals surface area contributed by atoms with Crippen molar-refractivity contribution in [3.05, 3.63) is 54.1 Å². The number of carbonyl (C=O) groups excluding carboxylic acids is 2. The number of hydrogen-bond donors (Lipinski definition) is 3. The second-order valence-electron chi connectivity index (χ2n) is 4.92. The highest BCUT2D eigenvalue weighted by Gasteiger charge is 2.10. The molecule has 0 bridgehead atoms. The number of anilines is 1. The molecule has 3 N–H and O–H groups in total. The van der Waals surface area contributed by atoms with Crippen molar-refractivity contribution in [1.29, 1.82) is 0 Å². The van der Waals surface area contributed by atoms with Crippen molar-refractivity contribution in [2.24, 2.45) is 0 Å². The molecule has 2 rings (SSSR count). The highest BCUT2D eigenvalue weighted by Crippen LogP contribution is 2.17. The van der Waals surface area contributed by atoms with Crippen molar-refractivity contribution in [3.63, 3.8) is 0 Å². The average molecular weight is 330 g/mol. The van der Waals surface area contributed by atoms with Gasteiger partial charge in [-0.1, -0.05) is 6.07 Å². The molecule has 126 valence electrons. The molecule has 2 aromatic rings. The van der Waals surface area contributed by atoms with Crippen LogP contribution in [-0.4, -0.2) is 30.4 Å². The largest absolute Gasteiger partial charge is 0.508 e. The number of methoxy groups -OCH3 is 1. The molecule has 0 aromatic heterocycles. The van der Waals surface area contributed by atoms with E-state index in [1.165, 1.54) is 25.3 Å². The van der Waals surface area contributed by atoms with Gasteiger partial charge in [0.1, 0.15) is 11.5 Å². The van der Waals surface area contributed by atoms with Crippen LogP contribution in [0, 0.1) is 0 Å². The van der Waals surface area contributed by atoms with Crippen molar-refractivity contribution in [2.45, 2.75) is 13.2 Å². The Balaban J connectivity index is 1.90. The number of aromatic hydroxyl groups is 1. The van der Waals surface area contributed by atoms with Crippen molar-refractivity contribution >= 4 is 17.7 Å². The molecule has 0 saturated carbocycles. The van der Waals surface area contributed by atoms with E-state index in [1.807, 2.05) is 0 Å². The van der Waals surface area contributed by atoms with Gasteiger partial charge in [-0.05, 0) is 49.4 Å². The highest BCUT2D eigenvalue weighted by molar-refractivity contribution is 5.93. The molecule has 0 aliphatic rings. The Kier molecular flexibility index (Phi) is 5.62. The van der Waals surface area contributed by atoms with Gasteiger partial charge in [0, 0.05) is 5.69 Å². The summed E-state index contributed by atoms with van der Waals surface area (Å²) in [7, 11) is 1.29. The second-order valence-corrected chi connectivity index (χ2v) is 4.92. The van der Waals surface area contributed by atoms with Gasteiger partial charge >= 0.3 is 12.0 Å². The van der Waals surface area contributed by atoms with Gasteiger partial charge in [-0.3, -0.25) is 0 Å². The summed E-state index contributed by atoms with van der Waals surface area (Å²) in [6.45, 7) is 1.66. The van der Waals surface area contributed by atoms with E-state index in [0.29, 0.717) is 17.0 Å². The van der Waals surface area contributed by atoms with Crippen molar-refractivity contribution in [1.82, 2.24) is 5.32 Å². The minimum absolute atomic E-state index is 0.131. The van der Waals surface area contributed by atoms with Crippen LogP contribution in [0.4, 0.5) is 10.5 Å². The SMILES string of the molecule is COC(=O)c1cccc(NC(=O)NC(C)Oc2ccc(O)cc2)c1. The van der Waals surface area contributed by atoms with E-state index < -0.39 is 18.2 Å². The third-order valence-corrected chi connectivity index (χ3v) is 3.03. The van der Waals surface area contributed by atoms with Crippen LogP contribution in [0.25, 0.3) is 0 Å². The van der Waals surface area contributed by atoms with E-state index in [-0.39, 0.29) is 5.75 Å². The number of hydrogen-bond acceptors (Lipinski definition) is 5. The van der Waals surface area contributed by atoms with E-state index in [9.17, 15) is 14.7 Å². The van der Waals surface area contributed by atoms with E-state index in [2.05, 4.69) is 15.4 Å². The molecule has 1 atom stereocenters. The van der Waals surface area contributed by atoms with Crippen LogP contribution in [0.3, 0.4) is 0 Å². The molecule has 7 nitrogen and oxygen atoms in total. The van der Waals surface area contributed by atoms with Gasteiger partial charge in [-0.2, -0.15) is 0 Å². The summed E-state index contributed by atoms with van der Waals surface area (Å²) in [5, 5.41) is 14.4. The smallest absolute Gasteiger partial charge is 0.337 e. The maximum atomic E-state index is 12.0. The summed E-state index contributed by atoms with van der Waals surface area (Å²) in [5.74, 6) is 0.155. The molecule has 2 aromatic carbocycles. The number of ether oxygens (including phenoxy) is 2. The third-order valence-electron chi connectivity index (χ3n) is 3.03. The van der Waals surface area contributed by atoms with E-state index in [4.69, 9.17) is 4.74 Å². The molecule has 2 amide bonds. The van der Waals surface area contributed by atoms with Crippen LogP contribution in [-0.2, 0) is 4.74 Å². The van der Waals surface area contributed by atoms with Crippen LogP contribution in [0.15, 0.2) is 48.5 Å². The van der Waals surface area contributed by atoms with Crippen LogP contribution in [0.5, 0.6) is 11.5 Å². The van der Waals surface area contributed by atoms with Gasteiger partial charge in [0.25, 0.3) is 0 Å². The lowest BCUT2D eigenvalue weighted by Crippen LogP contribution is -2.39. The molecule has 0 radical (unpaired) electrons. The lowest BCUT2D eigenvalue weighted by Gasteiger charge is -2.17. The van der Waals surface area contributed by atoms with E-state index >= 15 is 0 Å². The summed E-state index contributed by atoms with van der Waals surface area (Å²) in [6, 6.07) is 12.1. The lowest BCUT2D eigenvalue weighted by atomic mass is 10.2. The first-order valence-electron chi connectivity index (χ1n) is 7.19. The standard InChI is InChI=1S/C17H18N2O5/c1-11(24-15-8-6-14(20)7-9-15)18-17(22)19-13-5-3-4-12(10-13)16(21)23-2/h3-11,20H,1-2H3,(H2,18,19,22). The van der Waals surface area contributed by atoms with Crippen LogP contribution >= 0.6 is 0 Å². The first-order valence-corrected chi connectivity index (χ1v) is 7.19. The number of phenols is 1. The zero-order chi connectivity index (χ0) is 17.5. The van der Waals surface area contributed by atoms with Crippen LogP contribution in [0.2, 0.25) is 0 Å². The molecule has 0 fully saturated rings.